The third-order valence-electron chi connectivity index (χ3n) is 2.18. The molecule has 4 nitrogen and oxygen atoms in total. The Hall–Kier alpha value is -2.02. The van der Waals surface area contributed by atoms with Crippen molar-refractivity contribution in [2.75, 3.05) is 0 Å². The van der Waals surface area contributed by atoms with Crippen LogP contribution in [0, 0.1) is 11.3 Å². The van der Waals surface area contributed by atoms with Crippen LogP contribution in [0.4, 0.5) is 0 Å². The van der Waals surface area contributed by atoms with E-state index < -0.39 is 0 Å². The summed E-state index contributed by atoms with van der Waals surface area (Å²) >= 11 is 0. The van der Waals surface area contributed by atoms with Gasteiger partial charge in [0.2, 0.25) is 0 Å². The van der Waals surface area contributed by atoms with Crippen LogP contribution < -0.4 is 0 Å². The maximum Gasteiger partial charge on any atom is 0.173 e. The van der Waals surface area contributed by atoms with E-state index in [0.717, 1.165) is 18.7 Å². The third kappa shape index (κ3) is 1.77. The number of H-pyrrole nitrogens is 1. The number of nitriles is 1. The van der Waals surface area contributed by atoms with Crippen molar-refractivity contribution in [2.45, 2.75) is 19.8 Å². The van der Waals surface area contributed by atoms with Gasteiger partial charge in [0, 0.05) is 18.8 Å². The van der Waals surface area contributed by atoms with E-state index in [2.05, 4.69) is 23.0 Å². The first kappa shape index (κ1) is 9.53. The van der Waals surface area contributed by atoms with Crippen LogP contribution in [0.15, 0.2) is 24.5 Å². The Bertz CT molecular complexity index is 473. The van der Waals surface area contributed by atoms with Crippen molar-refractivity contribution in [2.24, 2.45) is 0 Å². The summed E-state index contributed by atoms with van der Waals surface area (Å²) in [4.78, 5) is 7.43. The molecule has 0 spiro atoms. The van der Waals surface area contributed by atoms with Gasteiger partial charge in [-0.1, -0.05) is 6.92 Å². The maximum absolute atomic E-state index is 8.96. The highest BCUT2D eigenvalue weighted by Crippen LogP contribution is 2.12. The average Bonchev–Trinajstić information content (AvgIpc) is 2.84. The molecule has 0 aliphatic heterocycles. The van der Waals surface area contributed by atoms with Crippen LogP contribution in [0.25, 0.3) is 5.82 Å². The molecule has 0 aliphatic rings. The van der Waals surface area contributed by atoms with Crippen molar-refractivity contribution in [1.29, 1.82) is 5.26 Å². The second kappa shape index (κ2) is 4.01. The summed E-state index contributed by atoms with van der Waals surface area (Å²) in [5, 5.41) is 8.96. The lowest BCUT2D eigenvalue weighted by Gasteiger charge is -1.95. The molecule has 0 amide bonds. The predicted octanol–water partition coefficient (Wildman–Crippen LogP) is 2.02. The summed E-state index contributed by atoms with van der Waals surface area (Å²) in [7, 11) is 0. The SMILES string of the molecule is CCCc1nc(-n2cccc2)c(C#N)[nH]1. The molecule has 0 bridgehead atoms. The van der Waals surface area contributed by atoms with Crippen LogP contribution >= 0.6 is 0 Å². The highest BCUT2D eigenvalue weighted by atomic mass is 15.1. The largest absolute Gasteiger partial charge is 0.332 e. The van der Waals surface area contributed by atoms with E-state index in [1.54, 1.807) is 0 Å². The molecule has 76 valence electrons. The minimum Gasteiger partial charge on any atom is -0.332 e. The Morgan fingerprint density at radius 2 is 2.20 bits per heavy atom. The molecule has 2 rings (SSSR count). The Balaban J connectivity index is 2.43. The number of imidazole rings is 1. The van der Waals surface area contributed by atoms with E-state index >= 15 is 0 Å². The molecule has 0 aliphatic carbocycles. The topological polar surface area (TPSA) is 57.4 Å². The molecule has 0 aromatic carbocycles. The van der Waals surface area contributed by atoms with Gasteiger partial charge in [0.25, 0.3) is 0 Å². The first-order chi connectivity index (χ1) is 7.35. The van der Waals surface area contributed by atoms with Crippen LogP contribution in [0.5, 0.6) is 0 Å². The number of aryl methyl sites for hydroxylation is 1. The van der Waals surface area contributed by atoms with Crippen molar-refractivity contribution < 1.29 is 0 Å². The highest BCUT2D eigenvalue weighted by molar-refractivity contribution is 5.39. The first-order valence-corrected chi connectivity index (χ1v) is 4.97. The second-order valence-corrected chi connectivity index (χ2v) is 3.33. The van der Waals surface area contributed by atoms with Crippen LogP contribution in [0.3, 0.4) is 0 Å². The van der Waals surface area contributed by atoms with Crippen LogP contribution in [-0.2, 0) is 6.42 Å². The number of hydrogen-bond donors (Lipinski definition) is 1. The fraction of sp³-hybridized carbons (Fsp3) is 0.273. The van der Waals surface area contributed by atoms with Gasteiger partial charge in [-0.25, -0.2) is 4.98 Å². The van der Waals surface area contributed by atoms with Gasteiger partial charge in [0.1, 0.15) is 11.9 Å². The van der Waals surface area contributed by atoms with E-state index in [9.17, 15) is 0 Å². The van der Waals surface area contributed by atoms with Gasteiger partial charge in [-0.05, 0) is 18.6 Å². The Morgan fingerprint density at radius 1 is 1.47 bits per heavy atom. The molecule has 2 aromatic heterocycles. The highest BCUT2D eigenvalue weighted by Gasteiger charge is 2.09. The Kier molecular flexibility index (Phi) is 2.55. The van der Waals surface area contributed by atoms with Crippen molar-refractivity contribution in [3.63, 3.8) is 0 Å². The van der Waals surface area contributed by atoms with Gasteiger partial charge >= 0.3 is 0 Å². The van der Waals surface area contributed by atoms with E-state index in [1.807, 2.05) is 29.1 Å². The van der Waals surface area contributed by atoms with E-state index in [1.165, 1.54) is 0 Å². The molecule has 0 saturated heterocycles. The second-order valence-electron chi connectivity index (χ2n) is 3.33. The molecule has 15 heavy (non-hydrogen) atoms. The zero-order valence-electron chi connectivity index (χ0n) is 8.57. The number of rotatable bonds is 3. The number of hydrogen-bond acceptors (Lipinski definition) is 2. The van der Waals surface area contributed by atoms with Gasteiger partial charge in [-0.3, -0.25) is 0 Å². The standard InChI is InChI=1S/C11H12N4/c1-2-5-10-13-9(8-12)11(14-10)15-6-3-4-7-15/h3-4,6-7H,2,5H2,1H3,(H,13,14). The van der Waals surface area contributed by atoms with Gasteiger partial charge in [-0.2, -0.15) is 5.26 Å². The Labute approximate surface area is 88.2 Å². The number of nitrogens with one attached hydrogen (secondary N) is 1. The summed E-state index contributed by atoms with van der Waals surface area (Å²) in [6, 6.07) is 5.95. The fourth-order valence-corrected chi connectivity index (χ4v) is 1.51. The van der Waals surface area contributed by atoms with Crippen molar-refractivity contribution in [3.05, 3.63) is 36.0 Å². The zero-order chi connectivity index (χ0) is 10.7. The van der Waals surface area contributed by atoms with E-state index in [0.29, 0.717) is 11.5 Å². The normalized spacial score (nSPS) is 10.1. The van der Waals surface area contributed by atoms with Crippen molar-refractivity contribution in [1.82, 2.24) is 14.5 Å². The molecular formula is C11H12N4. The summed E-state index contributed by atoms with van der Waals surface area (Å²) in [6.07, 6.45) is 5.65. The average molecular weight is 200 g/mol. The molecule has 4 heteroatoms. The molecule has 1 N–H and O–H groups in total. The van der Waals surface area contributed by atoms with Crippen molar-refractivity contribution in [3.8, 4) is 11.9 Å². The molecule has 0 saturated carbocycles. The minimum atomic E-state index is 0.523. The van der Waals surface area contributed by atoms with E-state index in [4.69, 9.17) is 5.26 Å². The third-order valence-corrected chi connectivity index (χ3v) is 2.18. The summed E-state index contributed by atoms with van der Waals surface area (Å²) in [6.45, 7) is 2.09. The number of aromatic amines is 1. The predicted molar refractivity (Wildman–Crippen MR) is 56.6 cm³/mol. The lowest BCUT2D eigenvalue weighted by Crippen LogP contribution is -1.93. The monoisotopic (exact) mass is 200 g/mol. The zero-order valence-corrected chi connectivity index (χ0v) is 8.57. The molecule has 0 radical (unpaired) electrons. The van der Waals surface area contributed by atoms with Crippen LogP contribution in [0.1, 0.15) is 24.9 Å². The maximum atomic E-state index is 8.96. The first-order valence-electron chi connectivity index (χ1n) is 4.97. The molecular weight excluding hydrogens is 188 g/mol. The number of nitrogens with zero attached hydrogens (tertiary/aromatic N) is 3. The molecule has 0 unspecified atom stereocenters. The molecule has 2 aromatic rings. The Morgan fingerprint density at radius 3 is 2.80 bits per heavy atom. The lowest BCUT2D eigenvalue weighted by atomic mass is 10.3. The molecule has 0 fully saturated rings. The summed E-state index contributed by atoms with van der Waals surface area (Å²) < 4.78 is 1.84. The summed E-state index contributed by atoms with van der Waals surface area (Å²) in [5.74, 6) is 1.56. The van der Waals surface area contributed by atoms with Gasteiger partial charge in [0.15, 0.2) is 11.5 Å². The van der Waals surface area contributed by atoms with Crippen molar-refractivity contribution >= 4 is 0 Å². The van der Waals surface area contributed by atoms with Crippen LogP contribution in [-0.4, -0.2) is 14.5 Å². The smallest absolute Gasteiger partial charge is 0.173 e. The minimum absolute atomic E-state index is 0.523. The van der Waals surface area contributed by atoms with Crippen LogP contribution in [0.2, 0.25) is 0 Å². The van der Waals surface area contributed by atoms with Gasteiger partial charge in [-0.15, -0.1) is 0 Å². The fourth-order valence-electron chi connectivity index (χ4n) is 1.51. The quantitative estimate of drug-likeness (QED) is 0.824. The van der Waals surface area contributed by atoms with Gasteiger partial charge in [0.05, 0.1) is 0 Å². The molecule has 2 heterocycles. The van der Waals surface area contributed by atoms with E-state index in [-0.39, 0.29) is 0 Å². The summed E-state index contributed by atoms with van der Waals surface area (Å²) in [5.41, 5.74) is 0.523. The lowest BCUT2D eigenvalue weighted by molar-refractivity contribution is 0.850. The number of aromatic nitrogens is 3. The molecule has 0 atom stereocenters. The van der Waals surface area contributed by atoms with Gasteiger partial charge < -0.3 is 9.55 Å².